The van der Waals surface area contributed by atoms with Crippen molar-refractivity contribution in [2.75, 3.05) is 39.8 Å². The van der Waals surface area contributed by atoms with E-state index in [1.807, 2.05) is 36.5 Å². The van der Waals surface area contributed by atoms with Gasteiger partial charge in [0, 0.05) is 73.8 Å². The number of nitrogens with zero attached hydrogens (tertiary/aromatic N) is 3. The van der Waals surface area contributed by atoms with Gasteiger partial charge in [-0.05, 0) is 111 Å². The molecule has 2 aliphatic carbocycles. The minimum absolute atomic E-state index is 0.0459. The van der Waals surface area contributed by atoms with E-state index in [0.29, 0.717) is 47.0 Å². The normalized spacial score (nSPS) is 30.7. The number of carbonyl (C=O) groups is 2. The fraction of sp³-hybridized carbons (Fsp3) is 0.540. The van der Waals surface area contributed by atoms with Gasteiger partial charge in [-0.2, -0.15) is 5.26 Å². The number of aryl methyl sites for hydroxylation is 1. The number of nitrogens with one attached hydrogen (secondary N) is 4. The van der Waals surface area contributed by atoms with Gasteiger partial charge >= 0.3 is 0 Å². The van der Waals surface area contributed by atoms with E-state index in [1.165, 1.54) is 5.56 Å². The number of amides is 2. The minimum atomic E-state index is -1.02. The lowest BCUT2D eigenvalue weighted by molar-refractivity contribution is -0.174. The van der Waals surface area contributed by atoms with Crippen LogP contribution in [0.2, 0.25) is 5.02 Å². The van der Waals surface area contributed by atoms with Gasteiger partial charge in [-0.3, -0.25) is 25.1 Å². The van der Waals surface area contributed by atoms with Crippen LogP contribution in [0.3, 0.4) is 0 Å². The van der Waals surface area contributed by atoms with Gasteiger partial charge in [0.15, 0.2) is 0 Å². The first kappa shape index (κ1) is 43.8. The number of fused-ring (bicyclic) bond motifs is 2. The molecular formula is C50H62ClN7O5. The second-order valence-electron chi connectivity index (χ2n) is 20.6. The molecule has 4 atom stereocenters. The van der Waals surface area contributed by atoms with Gasteiger partial charge in [0.2, 0.25) is 11.8 Å². The Bertz CT molecular complexity index is 2300. The number of rotatable bonds is 12. The smallest absolute Gasteiger partial charge is 0.244 e. The fourth-order valence-corrected chi connectivity index (χ4v) is 12.0. The van der Waals surface area contributed by atoms with Crippen molar-refractivity contribution in [1.82, 2.24) is 31.1 Å². The van der Waals surface area contributed by atoms with Gasteiger partial charge in [-0.25, -0.2) is 0 Å². The molecule has 334 valence electrons. The van der Waals surface area contributed by atoms with E-state index in [0.717, 1.165) is 67.3 Å². The van der Waals surface area contributed by atoms with E-state index in [-0.39, 0.29) is 59.0 Å². The molecule has 12 nitrogen and oxygen atoms in total. The van der Waals surface area contributed by atoms with Crippen molar-refractivity contribution in [1.29, 1.82) is 5.26 Å². The zero-order valence-corrected chi connectivity index (χ0v) is 38.3. The number of aliphatic hydroxyl groups is 1. The largest absolute Gasteiger partial charge is 0.489 e. The molecule has 0 spiro atoms. The molecule has 3 aromatic rings. The lowest BCUT2D eigenvalue weighted by atomic mass is 9.49. The summed E-state index contributed by atoms with van der Waals surface area (Å²) in [5.41, 5.74) is 2.81. The maximum absolute atomic E-state index is 13.6. The number of nitriles is 1. The van der Waals surface area contributed by atoms with Gasteiger partial charge in [0.25, 0.3) is 0 Å². The third-order valence-electron chi connectivity index (χ3n) is 15.2. The monoisotopic (exact) mass is 875 g/mol. The standard InChI is InChI=1S/C50H62ClN7O5/c1-48(2)45(49(3,4)46(48)63-33-15-11-29(22-52)40(51)21-33)56-43(59)30-23-54-47(55-24-30)58-26-38-34(39(38)27-58)16-10-28-8-13-32(14-9-28)62-41-17-12-31(50(5,6)61)20-36(41)37-25-57(7)44(60)42-35(37)18-19-53-42/h8-9,11-15,17,20-21,25,30,34-35,38-39,42,45-47,53-55,61H,10,16,18-19,23-24,26-27H2,1-7H3,(H,56,59). The molecular weight excluding hydrogens is 814 g/mol. The predicted molar refractivity (Wildman–Crippen MR) is 243 cm³/mol. The molecule has 13 heteroatoms. The summed E-state index contributed by atoms with van der Waals surface area (Å²) < 4.78 is 13.0. The summed E-state index contributed by atoms with van der Waals surface area (Å²) in [4.78, 5) is 30.7. The lowest BCUT2D eigenvalue weighted by Gasteiger charge is -2.63. The molecule has 5 fully saturated rings. The van der Waals surface area contributed by atoms with E-state index in [4.69, 9.17) is 21.1 Å². The molecule has 2 amide bonds. The molecule has 4 heterocycles. The molecule has 3 saturated heterocycles. The SMILES string of the molecule is CN1C=C(c2cc(C(C)(C)O)ccc2Oc2ccc(CCC3C4CN(C5NCC(C(=O)NC6C(C)(C)C(Oc7ccc(C#N)c(Cl)c7)C6(C)C)CN5)CC34)cc2)C2CCNC2C1=O. The number of hydrogen-bond acceptors (Lipinski definition) is 10. The predicted octanol–water partition coefficient (Wildman–Crippen LogP) is 6.22. The summed E-state index contributed by atoms with van der Waals surface area (Å²) in [5, 5.41) is 34.5. The Kier molecular flexibility index (Phi) is 11.5. The highest BCUT2D eigenvalue weighted by atomic mass is 35.5. The molecule has 5 N–H and O–H groups in total. The van der Waals surface area contributed by atoms with E-state index in [9.17, 15) is 20.0 Å². The molecule has 4 aliphatic heterocycles. The van der Waals surface area contributed by atoms with Gasteiger partial charge in [0.1, 0.15) is 35.7 Å². The van der Waals surface area contributed by atoms with Crippen molar-refractivity contribution in [3.63, 3.8) is 0 Å². The van der Waals surface area contributed by atoms with Crippen molar-refractivity contribution in [3.8, 4) is 23.3 Å². The highest BCUT2D eigenvalue weighted by Crippen LogP contribution is 2.56. The van der Waals surface area contributed by atoms with Gasteiger partial charge < -0.3 is 30.1 Å². The summed E-state index contributed by atoms with van der Waals surface area (Å²) in [7, 11) is 1.80. The van der Waals surface area contributed by atoms with E-state index >= 15 is 0 Å². The van der Waals surface area contributed by atoms with Crippen LogP contribution < -0.4 is 30.7 Å². The summed E-state index contributed by atoms with van der Waals surface area (Å²) in [5.74, 6) is 4.24. The third kappa shape index (κ3) is 8.26. The Morgan fingerprint density at radius 2 is 1.67 bits per heavy atom. The number of halogens is 1. The maximum Gasteiger partial charge on any atom is 0.244 e. The van der Waals surface area contributed by atoms with Crippen LogP contribution in [0.15, 0.2) is 66.9 Å². The van der Waals surface area contributed by atoms with E-state index in [1.54, 1.807) is 44.0 Å². The molecule has 0 radical (unpaired) electrons. The average Bonchev–Trinajstić information content (AvgIpc) is 3.55. The van der Waals surface area contributed by atoms with Crippen molar-refractivity contribution in [3.05, 3.63) is 94.1 Å². The Hall–Kier alpha value is -4.48. The Balaban J connectivity index is 0.734. The van der Waals surface area contributed by atoms with Crippen LogP contribution in [-0.2, 0) is 21.6 Å². The highest BCUT2D eigenvalue weighted by Gasteiger charge is 2.64. The van der Waals surface area contributed by atoms with Crippen molar-refractivity contribution in [2.24, 2.45) is 40.4 Å². The molecule has 3 aromatic carbocycles. The molecule has 6 aliphatic rings. The molecule has 2 saturated carbocycles. The molecule has 4 unspecified atom stereocenters. The molecule has 9 rings (SSSR count). The lowest BCUT2D eigenvalue weighted by Crippen LogP contribution is -2.75. The van der Waals surface area contributed by atoms with E-state index in [2.05, 4.69) is 72.1 Å². The summed E-state index contributed by atoms with van der Waals surface area (Å²) in [6.07, 6.45) is 4.91. The fourth-order valence-electron chi connectivity index (χ4n) is 11.8. The van der Waals surface area contributed by atoms with Crippen LogP contribution in [0.5, 0.6) is 17.2 Å². The average molecular weight is 877 g/mol. The zero-order chi connectivity index (χ0) is 44.6. The second kappa shape index (κ2) is 16.5. The molecule has 0 bridgehead atoms. The number of piperidine rings is 1. The summed E-state index contributed by atoms with van der Waals surface area (Å²) >= 11 is 6.28. The van der Waals surface area contributed by atoms with Crippen molar-refractivity contribution >= 4 is 29.0 Å². The maximum atomic E-state index is 13.6. The van der Waals surface area contributed by atoms with Crippen molar-refractivity contribution < 1.29 is 24.2 Å². The number of hydrogen-bond donors (Lipinski definition) is 5. The number of likely N-dealkylation sites (N-methyl/N-ethyl adjacent to an activating group) is 1. The molecule has 0 aromatic heterocycles. The zero-order valence-electron chi connectivity index (χ0n) is 37.5. The topological polar surface area (TPSA) is 151 Å². The van der Waals surface area contributed by atoms with Crippen LogP contribution in [-0.4, -0.2) is 91.0 Å². The van der Waals surface area contributed by atoms with Crippen molar-refractivity contribution in [2.45, 2.75) is 90.9 Å². The van der Waals surface area contributed by atoms with Gasteiger partial charge in [-0.15, -0.1) is 0 Å². The quantitative estimate of drug-likeness (QED) is 0.142. The number of benzene rings is 3. The van der Waals surface area contributed by atoms with Crippen LogP contribution in [0, 0.1) is 51.8 Å². The highest BCUT2D eigenvalue weighted by molar-refractivity contribution is 6.31. The van der Waals surface area contributed by atoms with Crippen LogP contribution in [0.25, 0.3) is 5.57 Å². The van der Waals surface area contributed by atoms with Gasteiger partial charge in [0.05, 0.1) is 28.1 Å². The van der Waals surface area contributed by atoms with E-state index < -0.39 is 5.60 Å². The Labute approximate surface area is 376 Å². The number of carbonyl (C=O) groups excluding carboxylic acids is 2. The Morgan fingerprint density at radius 1 is 0.984 bits per heavy atom. The second-order valence-corrected chi connectivity index (χ2v) is 21.0. The molecule has 63 heavy (non-hydrogen) atoms. The first-order valence-corrected chi connectivity index (χ1v) is 23.0. The Morgan fingerprint density at radius 3 is 2.32 bits per heavy atom. The third-order valence-corrected chi connectivity index (χ3v) is 15.5. The number of likely N-dealkylation sites (tertiary alicyclic amines) is 1. The van der Waals surface area contributed by atoms with Crippen LogP contribution in [0.4, 0.5) is 0 Å². The summed E-state index contributed by atoms with van der Waals surface area (Å²) in [6.45, 7) is 16.2. The minimum Gasteiger partial charge on any atom is -0.489 e. The summed E-state index contributed by atoms with van der Waals surface area (Å²) in [6, 6.07) is 21.2. The number of ether oxygens (including phenoxy) is 2. The van der Waals surface area contributed by atoms with Gasteiger partial charge in [-0.1, -0.05) is 57.5 Å². The van der Waals surface area contributed by atoms with Crippen LogP contribution in [0.1, 0.15) is 76.6 Å². The first-order chi connectivity index (χ1) is 29.9. The first-order valence-electron chi connectivity index (χ1n) is 22.7. The van der Waals surface area contributed by atoms with Crippen LogP contribution >= 0.6 is 11.6 Å².